The molecular formula is C30H30BNO2P+. The summed E-state index contributed by atoms with van der Waals surface area (Å²) in [6, 6.07) is 39.0. The van der Waals surface area contributed by atoms with E-state index in [1.165, 1.54) is 0 Å². The zero-order valence-electron chi connectivity index (χ0n) is 19.9. The number of benzene rings is 4. The van der Waals surface area contributed by atoms with Gasteiger partial charge in [-0.1, -0.05) is 97.1 Å². The highest BCUT2D eigenvalue weighted by Crippen LogP contribution is 2.57. The average Bonchev–Trinajstić information content (AvgIpc) is 2.94. The molecule has 3 nitrogen and oxygen atoms in total. The number of aliphatic hydroxyl groups excluding tert-OH is 1. The molecule has 0 saturated heterocycles. The van der Waals surface area contributed by atoms with E-state index in [0.717, 1.165) is 21.7 Å². The molecule has 0 unspecified atom stereocenters. The smallest absolute Gasteiger partial charge is 0.378 e. The first-order valence-corrected chi connectivity index (χ1v) is 13.8. The largest absolute Gasteiger partial charge is 0.394 e. The van der Waals surface area contributed by atoms with Crippen LogP contribution in [0.5, 0.6) is 0 Å². The van der Waals surface area contributed by atoms with Crippen LogP contribution in [0.25, 0.3) is 0 Å². The fourth-order valence-electron chi connectivity index (χ4n) is 4.54. The van der Waals surface area contributed by atoms with Crippen LogP contribution in [0.2, 0.25) is 0 Å². The van der Waals surface area contributed by atoms with Crippen LogP contribution in [0.1, 0.15) is 24.1 Å². The van der Waals surface area contributed by atoms with Gasteiger partial charge < -0.3 is 10.0 Å². The van der Waals surface area contributed by atoms with Crippen molar-refractivity contribution < 1.29 is 9.90 Å². The van der Waals surface area contributed by atoms with Crippen molar-refractivity contribution in [1.82, 2.24) is 4.90 Å². The van der Waals surface area contributed by atoms with Crippen molar-refractivity contribution >= 4 is 31.2 Å². The zero-order chi connectivity index (χ0) is 24.7. The second kappa shape index (κ2) is 11.5. The Balaban J connectivity index is 1.79. The molecule has 4 aromatic rings. The highest BCUT2D eigenvalue weighted by atomic mass is 31.2. The highest BCUT2D eigenvalue weighted by Gasteiger charge is 2.48. The van der Waals surface area contributed by atoms with Crippen molar-refractivity contribution in [2.24, 2.45) is 0 Å². The first kappa shape index (κ1) is 24.9. The first-order chi connectivity index (χ1) is 17.1. The van der Waals surface area contributed by atoms with Gasteiger partial charge in [-0.15, -0.1) is 0 Å². The molecule has 0 aliphatic carbocycles. The summed E-state index contributed by atoms with van der Waals surface area (Å²) in [5, 5.41) is 12.4. The Labute approximate surface area is 210 Å². The van der Waals surface area contributed by atoms with Gasteiger partial charge >= 0.3 is 7.57 Å². The second-order valence-electron chi connectivity index (χ2n) is 8.69. The molecular weight excluding hydrogens is 448 g/mol. The summed E-state index contributed by atoms with van der Waals surface area (Å²) in [6.07, 6.45) is 0. The molecule has 4 aromatic carbocycles. The Hall–Kier alpha value is -3.20. The van der Waals surface area contributed by atoms with Gasteiger partial charge in [0, 0.05) is 13.7 Å². The van der Waals surface area contributed by atoms with Gasteiger partial charge in [0.15, 0.2) is 0 Å². The fraction of sp³-hybridized carbons (Fsp3) is 0.167. The second-order valence-corrected chi connectivity index (χ2v) is 12.0. The number of carbonyl (C=O) groups is 1. The Morgan fingerprint density at radius 3 is 1.66 bits per heavy atom. The van der Waals surface area contributed by atoms with Crippen molar-refractivity contribution in [3.05, 3.63) is 132 Å². The summed E-state index contributed by atoms with van der Waals surface area (Å²) in [7, 11) is 4.70. The van der Waals surface area contributed by atoms with Gasteiger partial charge in [0.05, 0.1) is 23.3 Å². The minimum Gasteiger partial charge on any atom is -0.394 e. The third-order valence-corrected chi connectivity index (χ3v) is 10.3. The molecule has 0 aliphatic rings. The van der Waals surface area contributed by atoms with Gasteiger partial charge in [-0.25, -0.2) is 0 Å². The Kier molecular flexibility index (Phi) is 8.18. The number of hydrogen-bond donors (Lipinski definition) is 1. The van der Waals surface area contributed by atoms with E-state index < -0.39 is 18.8 Å². The van der Waals surface area contributed by atoms with Crippen LogP contribution in [0.4, 0.5) is 0 Å². The quantitative estimate of drug-likeness (QED) is 0.275. The van der Waals surface area contributed by atoms with Crippen molar-refractivity contribution in [3.8, 4) is 0 Å². The number of nitrogens with zero attached hydrogens (tertiary/aromatic N) is 1. The van der Waals surface area contributed by atoms with Gasteiger partial charge in [-0.3, -0.25) is 4.79 Å². The van der Waals surface area contributed by atoms with Crippen molar-refractivity contribution in [2.45, 2.75) is 25.2 Å². The number of aliphatic hydroxyl groups is 1. The Bertz CT molecular complexity index is 1170. The molecule has 4 rings (SSSR count). The summed E-state index contributed by atoms with van der Waals surface area (Å²) in [4.78, 5) is 16.2. The molecule has 0 aromatic heterocycles. The van der Waals surface area contributed by atoms with E-state index in [2.05, 4.69) is 0 Å². The van der Waals surface area contributed by atoms with Gasteiger partial charge in [0.25, 0.3) is 5.91 Å². The topological polar surface area (TPSA) is 40.5 Å². The lowest BCUT2D eigenvalue weighted by Gasteiger charge is -2.37. The maximum Gasteiger partial charge on any atom is 0.378 e. The van der Waals surface area contributed by atoms with Crippen LogP contribution in [0.3, 0.4) is 0 Å². The van der Waals surface area contributed by atoms with E-state index in [1.807, 2.05) is 128 Å². The van der Waals surface area contributed by atoms with Gasteiger partial charge in [0.1, 0.15) is 5.66 Å². The molecule has 1 N–H and O–H groups in total. The van der Waals surface area contributed by atoms with Gasteiger partial charge in [-0.2, -0.15) is 0 Å². The van der Waals surface area contributed by atoms with Crippen LogP contribution in [-0.4, -0.2) is 35.7 Å². The number of carbonyl (C=O) groups excluding carboxylic acids is 1. The molecule has 0 aliphatic heterocycles. The number of amides is 1. The lowest BCUT2D eigenvalue weighted by molar-refractivity contribution is -0.134. The minimum atomic E-state index is -2.59. The van der Waals surface area contributed by atoms with Crippen LogP contribution in [0, 0.1) is 0 Å². The van der Waals surface area contributed by atoms with Crippen LogP contribution in [0.15, 0.2) is 121 Å². The van der Waals surface area contributed by atoms with E-state index in [-0.39, 0.29) is 12.5 Å². The Morgan fingerprint density at radius 2 is 1.20 bits per heavy atom. The molecule has 0 spiro atoms. The number of rotatable bonds is 9. The highest BCUT2D eigenvalue weighted by molar-refractivity contribution is 8.09. The third kappa shape index (κ3) is 5.40. The molecule has 0 saturated carbocycles. The molecule has 1 amide bonds. The van der Waals surface area contributed by atoms with Crippen molar-refractivity contribution in [3.63, 3.8) is 0 Å². The van der Waals surface area contributed by atoms with E-state index in [4.69, 9.17) is 7.57 Å². The molecule has 2 radical (unpaired) electrons. The third-order valence-electron chi connectivity index (χ3n) is 6.55. The molecule has 174 valence electrons. The summed E-state index contributed by atoms with van der Waals surface area (Å²) in [5.41, 5.74) is 1.41. The summed E-state index contributed by atoms with van der Waals surface area (Å²) >= 11 is 0. The van der Waals surface area contributed by atoms with E-state index in [1.54, 1.807) is 4.90 Å². The van der Waals surface area contributed by atoms with Crippen molar-refractivity contribution in [1.29, 1.82) is 0 Å². The van der Waals surface area contributed by atoms with Crippen molar-refractivity contribution in [2.75, 3.05) is 6.61 Å². The fourth-order valence-corrected chi connectivity index (χ4v) is 7.56. The predicted molar refractivity (Wildman–Crippen MR) is 148 cm³/mol. The normalized spacial score (nSPS) is 13.1. The van der Waals surface area contributed by atoms with Crippen LogP contribution in [-0.2, 0) is 11.3 Å². The minimum absolute atomic E-state index is 0.0692. The lowest BCUT2D eigenvalue weighted by Crippen LogP contribution is -2.45. The lowest BCUT2D eigenvalue weighted by atomic mass is 10.0. The molecule has 0 fully saturated rings. The molecule has 0 heterocycles. The SMILES string of the molecule is [B][P+](c1ccccc1)(c1ccccc1)[C@@H](C)C(=O)N(Cc1ccccc1)[C@@H](CO)c1ccccc1. The standard InChI is InChI=1S/C30H30BNO2P/c1-24(35(31,27-18-10-4-11-19-27)28-20-12-5-13-21-28)30(34)32(22-25-14-6-2-7-15-25)29(23-33)26-16-8-3-9-17-26/h2-21,24,29,33H,22-23H2,1H3/q+1/t24-,29-/m0/s1. The van der Waals surface area contributed by atoms with E-state index in [9.17, 15) is 9.90 Å². The summed E-state index contributed by atoms with van der Waals surface area (Å²) in [6.45, 7) is 2.14. The maximum absolute atomic E-state index is 14.4. The van der Waals surface area contributed by atoms with E-state index in [0.29, 0.717) is 6.54 Å². The van der Waals surface area contributed by atoms with Gasteiger partial charge in [-0.05, 0) is 42.3 Å². The van der Waals surface area contributed by atoms with Crippen LogP contribution < -0.4 is 10.6 Å². The van der Waals surface area contributed by atoms with Gasteiger partial charge in [0.2, 0.25) is 0 Å². The van der Waals surface area contributed by atoms with E-state index >= 15 is 0 Å². The predicted octanol–water partition coefficient (Wildman–Crippen LogP) is 4.89. The summed E-state index contributed by atoms with van der Waals surface area (Å²) < 4.78 is 0. The molecule has 35 heavy (non-hydrogen) atoms. The molecule has 2 atom stereocenters. The first-order valence-electron chi connectivity index (χ1n) is 11.8. The van der Waals surface area contributed by atoms with Crippen LogP contribution >= 0.6 is 7.14 Å². The maximum atomic E-state index is 14.4. The average molecular weight is 478 g/mol. The molecule has 5 heteroatoms. The monoisotopic (exact) mass is 478 g/mol. The molecule has 0 bridgehead atoms. The number of hydrogen-bond acceptors (Lipinski definition) is 2. The Morgan fingerprint density at radius 1 is 0.771 bits per heavy atom. The summed E-state index contributed by atoms with van der Waals surface area (Å²) in [5.74, 6) is -0.0692. The zero-order valence-corrected chi connectivity index (χ0v) is 20.8.